The van der Waals surface area contributed by atoms with Crippen LogP contribution in [0.4, 0.5) is 0 Å². The van der Waals surface area contributed by atoms with Crippen LogP contribution in [0.25, 0.3) is 10.9 Å². The largest absolute Gasteiger partial charge is 0.481 e. The van der Waals surface area contributed by atoms with Crippen LogP contribution >= 0.6 is 0 Å². The molecule has 0 radical (unpaired) electrons. The molecule has 7 rings (SSSR count). The summed E-state index contributed by atoms with van der Waals surface area (Å²) in [4.78, 5) is 25.5. The summed E-state index contributed by atoms with van der Waals surface area (Å²) in [6.45, 7) is 7.26. The van der Waals surface area contributed by atoms with Gasteiger partial charge in [0.05, 0.1) is 34.6 Å². The number of aliphatic carboxylic acids is 1. The van der Waals surface area contributed by atoms with Crippen LogP contribution in [0, 0.1) is 51.8 Å². The molecule has 3 saturated carbocycles. The molecule has 1 heterocycles. The summed E-state index contributed by atoms with van der Waals surface area (Å²) in [5.74, 6) is 1.68. The third-order valence-electron chi connectivity index (χ3n) is 14.2. The van der Waals surface area contributed by atoms with Gasteiger partial charge in [0.1, 0.15) is 0 Å². The fourth-order valence-corrected chi connectivity index (χ4v) is 13.0. The Balaban J connectivity index is 1.02. The number of amides is 1. The van der Waals surface area contributed by atoms with Gasteiger partial charge in [-0.25, -0.2) is 12.4 Å². The van der Waals surface area contributed by atoms with E-state index in [2.05, 4.69) is 32.2 Å². The molecule has 10 heteroatoms. The van der Waals surface area contributed by atoms with Crippen LogP contribution in [0.3, 0.4) is 0 Å². The Bertz CT molecular complexity index is 2080. The number of hydrogen-bond acceptors (Lipinski definition) is 6. The summed E-state index contributed by atoms with van der Waals surface area (Å²) < 4.78 is 28.7. The van der Waals surface area contributed by atoms with Crippen molar-refractivity contribution in [2.45, 2.75) is 115 Å². The smallest absolute Gasteiger partial charge is 0.305 e. The number of benzene rings is 2. The van der Waals surface area contributed by atoms with E-state index in [0.717, 1.165) is 32.1 Å². The lowest BCUT2D eigenvalue weighted by molar-refractivity contribution is -0.137. The molecule has 0 unspecified atom stereocenters. The molecule has 0 bridgehead atoms. The van der Waals surface area contributed by atoms with Crippen LogP contribution in [0.5, 0.6) is 0 Å². The fraction of sp³-hybridized carbons (Fsp3) is 0.558. The molecule has 1 aromatic heterocycles. The highest BCUT2D eigenvalue weighted by Gasteiger charge is 2.59. The second kappa shape index (κ2) is 14.4. The number of nitrogens with one attached hydrogen (secondary N) is 1. The molecule has 0 saturated heterocycles. The number of rotatable bonds is 11. The first kappa shape index (κ1) is 37.4. The minimum absolute atomic E-state index is 0.0206. The van der Waals surface area contributed by atoms with E-state index in [0.29, 0.717) is 52.5 Å². The zero-order valence-corrected chi connectivity index (χ0v) is 31.9. The molecular formula is C43H53N3O6S. The first-order valence-electron chi connectivity index (χ1n) is 19.5. The number of carboxylic acids is 1. The monoisotopic (exact) mass is 739 g/mol. The molecule has 53 heavy (non-hydrogen) atoms. The van der Waals surface area contributed by atoms with Crippen LogP contribution in [0.1, 0.15) is 103 Å². The Morgan fingerprint density at radius 1 is 1.06 bits per heavy atom. The molecule has 3 aromatic rings. The number of fused-ring (bicyclic) bond motifs is 6. The number of nitrogens with zero attached hydrogens (tertiary/aromatic N) is 2. The van der Waals surface area contributed by atoms with E-state index in [1.54, 1.807) is 30.3 Å². The number of aliphatic hydroxyl groups excluding tert-OH is 1. The molecule has 0 spiro atoms. The zero-order valence-electron chi connectivity index (χ0n) is 31.1. The number of nitriles is 1. The lowest BCUT2D eigenvalue weighted by Gasteiger charge is -2.58. The van der Waals surface area contributed by atoms with Gasteiger partial charge in [-0.05, 0) is 134 Å². The summed E-state index contributed by atoms with van der Waals surface area (Å²) in [6, 6.07) is 14.1. The van der Waals surface area contributed by atoms with Gasteiger partial charge in [0.15, 0.2) is 0 Å². The predicted molar refractivity (Wildman–Crippen MR) is 203 cm³/mol. The van der Waals surface area contributed by atoms with E-state index in [-0.39, 0.29) is 46.1 Å². The Hall–Kier alpha value is -3.94. The molecule has 2 aromatic carbocycles. The lowest BCUT2D eigenvalue weighted by atomic mass is 9.47. The van der Waals surface area contributed by atoms with Gasteiger partial charge in [0, 0.05) is 24.0 Å². The molecule has 282 valence electrons. The van der Waals surface area contributed by atoms with Crippen LogP contribution < -0.4 is 5.32 Å². The van der Waals surface area contributed by atoms with Crippen molar-refractivity contribution in [3.8, 4) is 6.07 Å². The van der Waals surface area contributed by atoms with E-state index in [1.165, 1.54) is 59.6 Å². The van der Waals surface area contributed by atoms with Crippen molar-refractivity contribution in [1.82, 2.24) is 9.29 Å². The van der Waals surface area contributed by atoms with Crippen molar-refractivity contribution in [2.75, 3.05) is 0 Å². The van der Waals surface area contributed by atoms with Gasteiger partial charge in [0.25, 0.3) is 10.0 Å². The quantitative estimate of drug-likeness (QED) is 0.171. The molecule has 4 aliphatic rings. The van der Waals surface area contributed by atoms with E-state index in [9.17, 15) is 33.5 Å². The average molecular weight is 740 g/mol. The van der Waals surface area contributed by atoms with Gasteiger partial charge in [-0.1, -0.05) is 56.7 Å². The number of carbonyl (C=O) groups excluding carboxylic acids is 1. The first-order chi connectivity index (χ1) is 25.2. The van der Waals surface area contributed by atoms with Gasteiger partial charge < -0.3 is 15.5 Å². The van der Waals surface area contributed by atoms with E-state index >= 15 is 0 Å². The third-order valence-corrected chi connectivity index (χ3v) is 15.9. The molecule has 3 fully saturated rings. The average Bonchev–Trinajstić information content (AvgIpc) is 3.69. The molecule has 0 aliphatic heterocycles. The molecule has 9 atom stereocenters. The third kappa shape index (κ3) is 6.84. The topological polar surface area (TPSA) is 149 Å². The van der Waals surface area contributed by atoms with E-state index in [4.69, 9.17) is 0 Å². The van der Waals surface area contributed by atoms with Gasteiger partial charge in [-0.2, -0.15) is 5.26 Å². The number of carboxylic acid groups (broad SMARTS) is 1. The molecule has 4 aliphatic carbocycles. The molecular weight excluding hydrogens is 687 g/mol. The summed E-state index contributed by atoms with van der Waals surface area (Å²) in [5, 5.41) is 33.2. The number of aliphatic hydroxyl groups is 1. The van der Waals surface area contributed by atoms with Crippen molar-refractivity contribution < 1.29 is 28.2 Å². The van der Waals surface area contributed by atoms with E-state index in [1.807, 2.05) is 6.07 Å². The highest BCUT2D eigenvalue weighted by molar-refractivity contribution is 7.90. The van der Waals surface area contributed by atoms with Crippen LogP contribution in [-0.2, 0) is 26.0 Å². The predicted octanol–water partition coefficient (Wildman–Crippen LogP) is 7.61. The van der Waals surface area contributed by atoms with Crippen molar-refractivity contribution in [2.24, 2.45) is 40.4 Å². The van der Waals surface area contributed by atoms with Crippen molar-refractivity contribution in [3.63, 3.8) is 0 Å². The number of para-hydroxylation sites is 1. The number of allylic oxidation sites excluding steroid dienone is 1. The maximum atomic E-state index is 13.8. The minimum atomic E-state index is -4.07. The first-order valence-corrected chi connectivity index (χ1v) is 20.9. The maximum Gasteiger partial charge on any atom is 0.305 e. The zero-order chi connectivity index (χ0) is 37.7. The molecule has 3 N–H and O–H groups in total. The van der Waals surface area contributed by atoms with Crippen LogP contribution in [0.2, 0.25) is 0 Å². The second-order valence-electron chi connectivity index (χ2n) is 17.1. The van der Waals surface area contributed by atoms with Crippen LogP contribution in [-0.4, -0.2) is 46.6 Å². The molecule has 9 nitrogen and oxygen atoms in total. The number of aromatic nitrogens is 1. The minimum Gasteiger partial charge on any atom is -0.481 e. The highest BCUT2D eigenvalue weighted by Crippen LogP contribution is 2.67. The number of carbonyl (C=O) groups is 2. The Morgan fingerprint density at radius 3 is 2.62 bits per heavy atom. The molecule has 1 amide bonds. The number of hydrogen-bond donors (Lipinski definition) is 3. The van der Waals surface area contributed by atoms with Crippen LogP contribution in [0.15, 0.2) is 71.3 Å². The summed E-state index contributed by atoms with van der Waals surface area (Å²) >= 11 is 0. The lowest BCUT2D eigenvalue weighted by Crippen LogP contribution is -2.50. The maximum absolute atomic E-state index is 13.8. The van der Waals surface area contributed by atoms with Gasteiger partial charge in [-0.3, -0.25) is 9.59 Å². The van der Waals surface area contributed by atoms with Crippen molar-refractivity contribution >= 4 is 32.8 Å². The van der Waals surface area contributed by atoms with Gasteiger partial charge >= 0.3 is 5.97 Å². The Morgan fingerprint density at radius 2 is 1.85 bits per heavy atom. The Labute approximate surface area is 313 Å². The summed E-state index contributed by atoms with van der Waals surface area (Å²) in [7, 11) is -4.07. The van der Waals surface area contributed by atoms with Gasteiger partial charge in [-0.15, -0.1) is 0 Å². The second-order valence-corrected chi connectivity index (χ2v) is 18.9. The summed E-state index contributed by atoms with van der Waals surface area (Å²) in [6.07, 6.45) is 13.5. The standard InChI is InChI=1S/C43H53N3O6S/c1-27(36-14-15-37-35-13-12-30-23-32(47)17-19-42(30,2)38(35)18-20-43(36,37)3)11-16-40(48)45-31(24-41(49)50)22-29-26-46(39-10-5-4-9-34(29)39)53(51,52)33-8-6-7-28(21-33)25-44/h4-10,12,21,26-27,31-32,35-38,47H,11,13-20,22-24H2,1-3H3,(H,45,48)(H,49,50)/t27-,31+,32+,35+,36-,37+,38+,42+,43-/m1/s1. The SMILES string of the molecule is C[C@H](CCC(=O)N[C@H](CC(=O)O)Cc1cn(S(=O)(=O)c2cccc(C#N)c2)c2ccccc12)[C@H]1CC[C@H]2[C@@H]3CC=C4C[C@@H](O)CC[C@]4(C)[C@H]3CC[C@]12C. The fourth-order valence-electron chi connectivity index (χ4n) is 11.5. The van der Waals surface area contributed by atoms with Crippen molar-refractivity contribution in [3.05, 3.63) is 77.5 Å². The summed E-state index contributed by atoms with van der Waals surface area (Å²) in [5.41, 5.74) is 3.23. The Kier molecular flexibility index (Phi) is 10.1. The van der Waals surface area contributed by atoms with E-state index < -0.39 is 22.0 Å². The normalized spacial score (nSPS) is 30.6. The van der Waals surface area contributed by atoms with Crippen molar-refractivity contribution in [1.29, 1.82) is 5.26 Å². The highest BCUT2D eigenvalue weighted by atomic mass is 32.2. The van der Waals surface area contributed by atoms with Gasteiger partial charge in [0.2, 0.25) is 5.91 Å².